The topological polar surface area (TPSA) is 141 Å². The Morgan fingerprint density at radius 1 is 0.694 bits per heavy atom. The minimum absolute atomic E-state index is 0. The van der Waals surface area contributed by atoms with Crippen molar-refractivity contribution in [1.29, 1.82) is 0 Å². The molecule has 0 fully saturated rings. The summed E-state index contributed by atoms with van der Waals surface area (Å²) in [5, 5.41) is 37.7. The molecule has 0 bridgehead atoms. The van der Waals surface area contributed by atoms with Crippen molar-refractivity contribution in [3.8, 4) is 11.5 Å². The predicted octanol–water partition coefficient (Wildman–Crippen LogP) is 5.68. The highest BCUT2D eigenvalue weighted by atomic mass is 35.5. The van der Waals surface area contributed by atoms with Gasteiger partial charge in [-0.25, -0.2) is 9.59 Å². The number of fused-ring (bicyclic) bond motifs is 1. The molecular weight excluding hydrogens is 482 g/mol. The van der Waals surface area contributed by atoms with Crippen LogP contribution >= 0.6 is 12.4 Å². The molecule has 190 valence electrons. The first-order chi connectivity index (χ1) is 16.6. The minimum Gasteiger partial charge on any atom is -0.504 e. The number of phenolic OH excluding ortho intramolecular Hbond substituents is 2. The van der Waals surface area contributed by atoms with E-state index < -0.39 is 11.9 Å². The van der Waals surface area contributed by atoms with Crippen molar-refractivity contribution in [1.82, 2.24) is 0 Å². The average molecular weight is 512 g/mol. The number of aromatic hydroxyl groups is 2. The lowest BCUT2D eigenvalue weighted by molar-refractivity contribution is 0.0686. The van der Waals surface area contributed by atoms with E-state index in [1.165, 1.54) is 6.07 Å². The van der Waals surface area contributed by atoms with Gasteiger partial charge in [0, 0.05) is 17.3 Å². The first kappa shape index (κ1) is 30.0. The molecule has 8 heteroatoms. The van der Waals surface area contributed by atoms with Crippen LogP contribution in [0, 0.1) is 0 Å². The zero-order chi connectivity index (χ0) is 26.0. The summed E-state index contributed by atoms with van der Waals surface area (Å²) in [7, 11) is 0. The lowest BCUT2D eigenvalue weighted by atomic mass is 9.82. The highest BCUT2D eigenvalue weighted by Crippen LogP contribution is 2.38. The summed E-state index contributed by atoms with van der Waals surface area (Å²) in [4.78, 5) is 20.4. The molecule has 0 unspecified atom stereocenters. The van der Waals surface area contributed by atoms with Gasteiger partial charge in [-0.2, -0.15) is 0 Å². The molecule has 4 aromatic carbocycles. The zero-order valence-electron chi connectivity index (χ0n) is 20.0. The van der Waals surface area contributed by atoms with Crippen molar-refractivity contribution in [3.63, 3.8) is 0 Å². The van der Waals surface area contributed by atoms with Crippen molar-refractivity contribution in [2.24, 2.45) is 5.73 Å². The predicted molar refractivity (Wildman–Crippen MR) is 143 cm³/mol. The second-order valence-corrected chi connectivity index (χ2v) is 8.26. The van der Waals surface area contributed by atoms with E-state index >= 15 is 0 Å². The quantitative estimate of drug-likeness (QED) is 0.222. The van der Waals surface area contributed by atoms with Crippen LogP contribution in [0.4, 0.5) is 0 Å². The van der Waals surface area contributed by atoms with Gasteiger partial charge in [-0.3, -0.25) is 0 Å². The summed E-state index contributed by atoms with van der Waals surface area (Å²) in [6.07, 6.45) is 0. The summed E-state index contributed by atoms with van der Waals surface area (Å²) in [5.41, 5.74) is 7.36. The lowest BCUT2D eigenvalue weighted by Crippen LogP contribution is -2.28. The Hall–Kier alpha value is -4.07. The highest BCUT2D eigenvalue weighted by Gasteiger charge is 2.21. The van der Waals surface area contributed by atoms with Gasteiger partial charge in [0.1, 0.15) is 0 Å². The normalized spacial score (nSPS) is 10.1. The molecule has 0 saturated heterocycles. The van der Waals surface area contributed by atoms with E-state index in [1.807, 2.05) is 18.2 Å². The van der Waals surface area contributed by atoms with Crippen molar-refractivity contribution in [2.75, 3.05) is 6.54 Å². The fourth-order valence-electron chi connectivity index (χ4n) is 3.19. The van der Waals surface area contributed by atoms with Crippen LogP contribution in [-0.4, -0.2) is 38.9 Å². The van der Waals surface area contributed by atoms with Gasteiger partial charge in [-0.1, -0.05) is 74.5 Å². The molecule has 0 saturated carbocycles. The molecular formula is C28H30ClNO6. The van der Waals surface area contributed by atoms with Crippen LogP contribution in [0.15, 0.2) is 91.0 Å². The van der Waals surface area contributed by atoms with Gasteiger partial charge in [-0.05, 0) is 41.3 Å². The van der Waals surface area contributed by atoms with Gasteiger partial charge in [-0.15, -0.1) is 12.4 Å². The molecule has 4 rings (SSSR count). The van der Waals surface area contributed by atoms with Crippen LogP contribution in [0.25, 0.3) is 10.8 Å². The molecule has 0 atom stereocenters. The van der Waals surface area contributed by atoms with E-state index in [0.717, 1.165) is 10.9 Å². The zero-order valence-corrected chi connectivity index (χ0v) is 20.8. The standard InChI is InChI=1S/C14H17NO2.2C7H6O2.ClH/c1-14(2,8-15)11-5-3-4-10-9(11)6-7-12(16)13(10)17;2*8-7(9)6-4-2-1-3-5-6;/h3-7,16-17H,8,15H2,1-2H3;2*1-5H,(H,8,9);1H. The number of hydrogen-bond donors (Lipinski definition) is 5. The Labute approximate surface area is 215 Å². The summed E-state index contributed by atoms with van der Waals surface area (Å²) >= 11 is 0. The molecule has 0 aliphatic heterocycles. The Morgan fingerprint density at radius 3 is 1.56 bits per heavy atom. The van der Waals surface area contributed by atoms with Crippen LogP contribution in [0.2, 0.25) is 0 Å². The lowest BCUT2D eigenvalue weighted by Gasteiger charge is -2.25. The van der Waals surface area contributed by atoms with Gasteiger partial charge in [0.15, 0.2) is 11.5 Å². The van der Waals surface area contributed by atoms with Gasteiger partial charge in [0.2, 0.25) is 0 Å². The number of aromatic carboxylic acids is 2. The number of nitrogens with two attached hydrogens (primary N) is 1. The number of carboxylic acids is 2. The van der Waals surface area contributed by atoms with Crippen LogP contribution < -0.4 is 5.73 Å². The molecule has 0 aromatic heterocycles. The molecule has 0 spiro atoms. The minimum atomic E-state index is -0.879. The molecule has 7 nitrogen and oxygen atoms in total. The first-order valence-electron chi connectivity index (χ1n) is 10.8. The Morgan fingerprint density at radius 2 is 1.17 bits per heavy atom. The monoisotopic (exact) mass is 511 g/mol. The van der Waals surface area contributed by atoms with Gasteiger partial charge < -0.3 is 26.2 Å². The van der Waals surface area contributed by atoms with Crippen LogP contribution in [-0.2, 0) is 5.41 Å². The second kappa shape index (κ2) is 13.7. The largest absolute Gasteiger partial charge is 0.504 e. The van der Waals surface area contributed by atoms with E-state index in [1.54, 1.807) is 66.7 Å². The maximum absolute atomic E-state index is 10.2. The third-order valence-corrected chi connectivity index (χ3v) is 5.29. The van der Waals surface area contributed by atoms with Crippen molar-refractivity contribution in [3.05, 3.63) is 108 Å². The van der Waals surface area contributed by atoms with E-state index in [9.17, 15) is 19.8 Å². The fraction of sp³-hybridized carbons (Fsp3) is 0.143. The average Bonchev–Trinajstić information content (AvgIpc) is 2.88. The van der Waals surface area contributed by atoms with Crippen LogP contribution in [0.3, 0.4) is 0 Å². The molecule has 0 aliphatic rings. The summed E-state index contributed by atoms with van der Waals surface area (Å²) < 4.78 is 0. The molecule has 0 amide bonds. The molecule has 0 aliphatic carbocycles. The maximum atomic E-state index is 10.2. The molecule has 36 heavy (non-hydrogen) atoms. The number of phenols is 2. The molecule has 4 aromatic rings. The third-order valence-electron chi connectivity index (χ3n) is 5.29. The third kappa shape index (κ3) is 8.01. The van der Waals surface area contributed by atoms with Crippen LogP contribution in [0.1, 0.15) is 40.1 Å². The number of carboxylic acid groups (broad SMARTS) is 2. The highest BCUT2D eigenvalue weighted by molar-refractivity contribution is 5.93. The van der Waals surface area contributed by atoms with Crippen molar-refractivity contribution < 1.29 is 30.0 Å². The SMILES string of the molecule is CC(C)(CN)c1cccc2c(O)c(O)ccc12.Cl.O=C(O)c1ccccc1.O=C(O)c1ccccc1. The summed E-state index contributed by atoms with van der Waals surface area (Å²) in [6, 6.07) is 25.6. The number of benzene rings is 4. The summed E-state index contributed by atoms with van der Waals surface area (Å²) in [5.74, 6) is -1.93. The number of rotatable bonds is 4. The second-order valence-electron chi connectivity index (χ2n) is 8.26. The number of carbonyl (C=O) groups is 2. The van der Waals surface area contributed by atoms with E-state index in [4.69, 9.17) is 15.9 Å². The van der Waals surface area contributed by atoms with Crippen LogP contribution in [0.5, 0.6) is 11.5 Å². The van der Waals surface area contributed by atoms with E-state index in [2.05, 4.69) is 13.8 Å². The number of hydrogen-bond acceptors (Lipinski definition) is 5. The van der Waals surface area contributed by atoms with Gasteiger partial charge in [0.05, 0.1) is 11.1 Å². The first-order valence-corrected chi connectivity index (χ1v) is 10.8. The molecule has 0 heterocycles. The fourth-order valence-corrected chi connectivity index (χ4v) is 3.19. The Kier molecular flexibility index (Phi) is 11.4. The Balaban J connectivity index is 0.000000291. The Bertz CT molecular complexity index is 1230. The van der Waals surface area contributed by atoms with Gasteiger partial charge >= 0.3 is 11.9 Å². The van der Waals surface area contributed by atoms with Gasteiger partial charge in [0.25, 0.3) is 0 Å². The smallest absolute Gasteiger partial charge is 0.335 e. The molecule has 6 N–H and O–H groups in total. The van der Waals surface area contributed by atoms with Crippen molar-refractivity contribution >= 4 is 35.1 Å². The van der Waals surface area contributed by atoms with E-state index in [0.29, 0.717) is 23.1 Å². The van der Waals surface area contributed by atoms with Crippen molar-refractivity contribution in [2.45, 2.75) is 19.3 Å². The molecule has 0 radical (unpaired) electrons. The maximum Gasteiger partial charge on any atom is 0.335 e. The summed E-state index contributed by atoms with van der Waals surface area (Å²) in [6.45, 7) is 4.64. The van der Waals surface area contributed by atoms with E-state index in [-0.39, 0.29) is 29.3 Å². The number of halogens is 1.